The highest BCUT2D eigenvalue weighted by molar-refractivity contribution is 5.98. The van der Waals surface area contributed by atoms with E-state index >= 15 is 0 Å². The minimum Gasteiger partial charge on any atom is -0.371 e. The van der Waals surface area contributed by atoms with E-state index in [9.17, 15) is 9.18 Å². The molecule has 1 aromatic carbocycles. The van der Waals surface area contributed by atoms with E-state index < -0.39 is 12.1 Å². The number of pyridine rings is 2. The molecule has 1 fully saturated rings. The molecule has 0 radical (unpaired) electrons. The monoisotopic (exact) mass is 402 g/mol. The quantitative estimate of drug-likeness (QED) is 0.561. The minimum atomic E-state index is -0.697. The van der Waals surface area contributed by atoms with Gasteiger partial charge in [0.15, 0.2) is 0 Å². The fourth-order valence-corrected chi connectivity index (χ4v) is 4.41. The number of rotatable bonds is 3. The number of hydrogen-bond acceptors (Lipinski definition) is 4. The van der Waals surface area contributed by atoms with Crippen LogP contribution in [0.2, 0.25) is 0 Å². The Bertz CT molecular complexity index is 1130. The first-order valence-corrected chi connectivity index (χ1v) is 10.3. The van der Waals surface area contributed by atoms with Crippen molar-refractivity contribution in [3.05, 3.63) is 65.0 Å². The van der Waals surface area contributed by atoms with Gasteiger partial charge in [-0.3, -0.25) is 9.78 Å². The zero-order valence-electron chi connectivity index (χ0n) is 16.9. The second kappa shape index (κ2) is 7.20. The van der Waals surface area contributed by atoms with Crippen LogP contribution in [0.3, 0.4) is 0 Å². The van der Waals surface area contributed by atoms with Crippen molar-refractivity contribution in [2.75, 3.05) is 18.0 Å². The molecule has 1 amide bonds. The van der Waals surface area contributed by atoms with E-state index in [2.05, 4.69) is 28.1 Å². The van der Waals surface area contributed by atoms with Crippen LogP contribution < -0.4 is 10.6 Å². The third kappa shape index (κ3) is 3.22. The van der Waals surface area contributed by atoms with Crippen LogP contribution in [-0.2, 0) is 6.42 Å². The highest BCUT2D eigenvalue weighted by atomic mass is 19.1. The van der Waals surface area contributed by atoms with Crippen molar-refractivity contribution in [2.45, 2.75) is 32.4 Å². The van der Waals surface area contributed by atoms with Gasteiger partial charge in [0.25, 0.3) is 0 Å². The topological polar surface area (TPSA) is 72.1 Å². The molecule has 1 saturated heterocycles. The summed E-state index contributed by atoms with van der Waals surface area (Å²) in [7, 11) is 0. The number of nitrogens with two attached hydrogens (primary N) is 1. The summed E-state index contributed by atoms with van der Waals surface area (Å²) in [6.07, 6.45) is 2.83. The van der Waals surface area contributed by atoms with Gasteiger partial charge in [0.2, 0.25) is 5.91 Å². The standard InChI is InChI=1S/C24H23FN4O/c1-14-2-3-15(13-27-14)22-12-21(24(26)30)20-11-16-10-18(4-5-19(16)23(20)28-22)29-8-6-17(25)7-9-29/h2-5,10,12-13,17H,6-9,11H2,1H3,(H2,26,30). The van der Waals surface area contributed by atoms with E-state index in [0.29, 0.717) is 30.5 Å². The summed E-state index contributed by atoms with van der Waals surface area (Å²) in [5.74, 6) is -0.451. The van der Waals surface area contributed by atoms with Gasteiger partial charge in [-0.15, -0.1) is 0 Å². The average Bonchev–Trinajstić information content (AvgIpc) is 3.11. The Balaban J connectivity index is 1.56. The maximum atomic E-state index is 13.5. The van der Waals surface area contributed by atoms with Gasteiger partial charge in [-0.25, -0.2) is 9.37 Å². The van der Waals surface area contributed by atoms with E-state index in [1.54, 1.807) is 12.3 Å². The zero-order chi connectivity index (χ0) is 20.8. The van der Waals surface area contributed by atoms with Gasteiger partial charge < -0.3 is 10.6 Å². The Hall–Kier alpha value is -3.28. The fourth-order valence-electron chi connectivity index (χ4n) is 4.41. The second-order valence-corrected chi connectivity index (χ2v) is 8.11. The van der Waals surface area contributed by atoms with Gasteiger partial charge in [-0.05, 0) is 61.2 Å². The van der Waals surface area contributed by atoms with Crippen molar-refractivity contribution in [1.82, 2.24) is 9.97 Å². The largest absolute Gasteiger partial charge is 0.371 e. The molecule has 0 spiro atoms. The molecule has 30 heavy (non-hydrogen) atoms. The molecule has 0 unspecified atom stereocenters. The number of amides is 1. The fraction of sp³-hybridized carbons (Fsp3) is 0.292. The Labute approximate surface area is 174 Å². The predicted molar refractivity (Wildman–Crippen MR) is 115 cm³/mol. The number of nitrogens with zero attached hydrogens (tertiary/aromatic N) is 3. The predicted octanol–water partition coefficient (Wildman–Crippen LogP) is 4.06. The van der Waals surface area contributed by atoms with Crippen LogP contribution in [0.4, 0.5) is 10.1 Å². The van der Waals surface area contributed by atoms with Crippen LogP contribution in [0.5, 0.6) is 0 Å². The number of halogens is 1. The van der Waals surface area contributed by atoms with Crippen molar-refractivity contribution < 1.29 is 9.18 Å². The highest BCUT2D eigenvalue weighted by Gasteiger charge is 2.27. The molecular weight excluding hydrogens is 379 g/mol. The summed E-state index contributed by atoms with van der Waals surface area (Å²) in [6.45, 7) is 3.38. The van der Waals surface area contributed by atoms with Crippen LogP contribution in [0.25, 0.3) is 22.5 Å². The summed E-state index contributed by atoms with van der Waals surface area (Å²) in [5.41, 5.74) is 13.6. The molecule has 3 aromatic rings. The molecule has 152 valence electrons. The summed E-state index contributed by atoms with van der Waals surface area (Å²) in [6, 6.07) is 11.9. The van der Waals surface area contributed by atoms with E-state index in [1.165, 1.54) is 0 Å². The molecule has 0 saturated carbocycles. The second-order valence-electron chi connectivity index (χ2n) is 8.11. The lowest BCUT2D eigenvalue weighted by Gasteiger charge is -2.31. The molecule has 0 atom stereocenters. The number of aromatic nitrogens is 2. The lowest BCUT2D eigenvalue weighted by molar-refractivity contribution is 0.0999. The molecule has 6 heteroatoms. The molecule has 2 aliphatic rings. The maximum Gasteiger partial charge on any atom is 0.249 e. The Morgan fingerprint density at radius 2 is 1.97 bits per heavy atom. The van der Waals surface area contributed by atoms with Crippen LogP contribution in [-0.4, -0.2) is 35.1 Å². The Morgan fingerprint density at radius 3 is 2.67 bits per heavy atom. The molecule has 1 aliphatic carbocycles. The molecule has 3 heterocycles. The summed E-state index contributed by atoms with van der Waals surface area (Å²) in [5, 5.41) is 0. The SMILES string of the molecule is Cc1ccc(-c2cc(C(N)=O)c3c(n2)-c2ccc(N4CCC(F)CC4)cc2C3)cn1. The number of primary amides is 1. The number of benzene rings is 1. The first kappa shape index (κ1) is 18.7. The van der Waals surface area contributed by atoms with Gasteiger partial charge >= 0.3 is 0 Å². The first-order valence-electron chi connectivity index (χ1n) is 10.3. The normalized spacial score (nSPS) is 15.7. The number of carbonyl (C=O) groups is 1. The third-order valence-electron chi connectivity index (χ3n) is 6.10. The smallest absolute Gasteiger partial charge is 0.249 e. The first-order chi connectivity index (χ1) is 14.5. The van der Waals surface area contributed by atoms with Gasteiger partial charge in [0, 0.05) is 53.8 Å². The molecule has 1 aliphatic heterocycles. The molecular formula is C24H23FN4O. The number of aryl methyl sites for hydroxylation is 1. The van der Waals surface area contributed by atoms with Crippen molar-refractivity contribution in [2.24, 2.45) is 5.73 Å². The number of hydrogen-bond donors (Lipinski definition) is 1. The van der Waals surface area contributed by atoms with Crippen molar-refractivity contribution in [3.8, 4) is 22.5 Å². The van der Waals surface area contributed by atoms with E-state index in [-0.39, 0.29) is 0 Å². The lowest BCUT2D eigenvalue weighted by atomic mass is 10.0. The summed E-state index contributed by atoms with van der Waals surface area (Å²) < 4.78 is 13.5. The summed E-state index contributed by atoms with van der Waals surface area (Å²) >= 11 is 0. The van der Waals surface area contributed by atoms with Gasteiger partial charge in [-0.2, -0.15) is 0 Å². The minimum absolute atomic E-state index is 0.451. The average molecular weight is 402 g/mol. The number of fused-ring (bicyclic) bond motifs is 3. The summed E-state index contributed by atoms with van der Waals surface area (Å²) in [4.78, 5) is 23.7. The Morgan fingerprint density at radius 1 is 1.17 bits per heavy atom. The highest BCUT2D eigenvalue weighted by Crippen LogP contribution is 2.40. The third-order valence-corrected chi connectivity index (χ3v) is 6.10. The van der Waals surface area contributed by atoms with Crippen molar-refractivity contribution in [3.63, 3.8) is 0 Å². The molecule has 2 N–H and O–H groups in total. The van der Waals surface area contributed by atoms with E-state index in [0.717, 1.165) is 52.4 Å². The van der Waals surface area contributed by atoms with Gasteiger partial charge in [0.05, 0.1) is 11.4 Å². The van der Waals surface area contributed by atoms with Gasteiger partial charge in [0.1, 0.15) is 6.17 Å². The number of piperidine rings is 1. The van der Waals surface area contributed by atoms with Crippen LogP contribution >= 0.6 is 0 Å². The van der Waals surface area contributed by atoms with Crippen molar-refractivity contribution in [1.29, 1.82) is 0 Å². The van der Waals surface area contributed by atoms with Crippen molar-refractivity contribution >= 4 is 11.6 Å². The number of anilines is 1. The number of carbonyl (C=O) groups excluding carboxylic acids is 1. The van der Waals surface area contributed by atoms with Crippen LogP contribution in [0.1, 0.15) is 40.0 Å². The molecule has 5 nitrogen and oxygen atoms in total. The lowest BCUT2D eigenvalue weighted by Crippen LogP contribution is -2.34. The number of alkyl halides is 1. The molecule has 0 bridgehead atoms. The van der Waals surface area contributed by atoms with E-state index in [4.69, 9.17) is 10.7 Å². The van der Waals surface area contributed by atoms with Crippen LogP contribution in [0, 0.1) is 6.92 Å². The molecule has 5 rings (SSSR count). The Kier molecular flexibility index (Phi) is 4.50. The van der Waals surface area contributed by atoms with E-state index in [1.807, 2.05) is 19.1 Å². The maximum absolute atomic E-state index is 13.5. The molecule has 2 aromatic heterocycles. The van der Waals surface area contributed by atoms with Gasteiger partial charge in [-0.1, -0.05) is 6.07 Å². The van der Waals surface area contributed by atoms with Crippen LogP contribution in [0.15, 0.2) is 42.6 Å². The zero-order valence-corrected chi connectivity index (χ0v) is 16.9.